The molecule has 1 aromatic rings. The zero-order valence-corrected chi connectivity index (χ0v) is 14.4. The molecule has 2 rings (SSSR count). The van der Waals surface area contributed by atoms with Gasteiger partial charge < -0.3 is 10.2 Å². The number of carbonyl (C=O) groups excluding carboxylic acids is 2. The minimum absolute atomic E-state index is 0.00569. The molecule has 1 N–H and O–H groups in total. The van der Waals surface area contributed by atoms with Crippen molar-refractivity contribution >= 4 is 23.4 Å². The molecule has 1 heterocycles. The van der Waals surface area contributed by atoms with Crippen LogP contribution in [-0.2, 0) is 16.0 Å². The smallest absolute Gasteiger partial charge is 0.224 e. The zero-order chi connectivity index (χ0) is 16.7. The van der Waals surface area contributed by atoms with Crippen molar-refractivity contribution in [3.8, 4) is 0 Å². The van der Waals surface area contributed by atoms with Crippen LogP contribution in [-0.4, -0.2) is 35.8 Å². The fourth-order valence-electron chi connectivity index (χ4n) is 2.85. The monoisotopic (exact) mass is 336 g/mol. The summed E-state index contributed by atoms with van der Waals surface area (Å²) in [5.41, 5.74) is 0.846. The first kappa shape index (κ1) is 17.8. The molecule has 0 unspecified atom stereocenters. The van der Waals surface area contributed by atoms with E-state index in [2.05, 4.69) is 12.2 Å². The Morgan fingerprint density at radius 3 is 2.61 bits per heavy atom. The van der Waals surface area contributed by atoms with E-state index in [1.807, 2.05) is 23.1 Å². The van der Waals surface area contributed by atoms with Gasteiger partial charge in [0.15, 0.2) is 0 Å². The predicted molar refractivity (Wildman–Crippen MR) is 92.4 cm³/mol. The van der Waals surface area contributed by atoms with Gasteiger partial charge in [0.25, 0.3) is 0 Å². The summed E-state index contributed by atoms with van der Waals surface area (Å²) in [6, 6.07) is 7.56. The number of hydrogen-bond donors (Lipinski definition) is 1. The van der Waals surface area contributed by atoms with Crippen molar-refractivity contribution in [1.82, 2.24) is 10.2 Å². The van der Waals surface area contributed by atoms with Crippen LogP contribution in [0, 0.1) is 0 Å². The molecule has 2 amide bonds. The number of carbonyl (C=O) groups is 2. The number of nitrogens with zero attached hydrogens (tertiary/aromatic N) is 1. The maximum atomic E-state index is 12.1. The second kappa shape index (κ2) is 8.92. The van der Waals surface area contributed by atoms with Gasteiger partial charge in [0.2, 0.25) is 11.8 Å². The number of unbranched alkanes of at least 4 members (excludes halogenated alkanes) is 1. The molecule has 0 atom stereocenters. The van der Waals surface area contributed by atoms with Crippen LogP contribution in [0.3, 0.4) is 0 Å². The van der Waals surface area contributed by atoms with Gasteiger partial charge in [0, 0.05) is 30.6 Å². The summed E-state index contributed by atoms with van der Waals surface area (Å²) in [7, 11) is 0. The molecule has 1 aliphatic rings. The van der Waals surface area contributed by atoms with E-state index < -0.39 is 0 Å². The summed E-state index contributed by atoms with van der Waals surface area (Å²) in [5, 5.41) is 3.69. The van der Waals surface area contributed by atoms with Crippen molar-refractivity contribution in [2.24, 2.45) is 0 Å². The summed E-state index contributed by atoms with van der Waals surface area (Å²) in [5.74, 6) is 0.238. The van der Waals surface area contributed by atoms with Crippen LogP contribution in [0.15, 0.2) is 24.3 Å². The zero-order valence-electron chi connectivity index (χ0n) is 13.7. The molecule has 126 valence electrons. The molecular formula is C18H25ClN2O2. The Morgan fingerprint density at radius 1 is 1.26 bits per heavy atom. The SMILES string of the molecule is CCCCC(=O)N1CCC(NC(=O)Cc2ccccc2Cl)CC1. The lowest BCUT2D eigenvalue weighted by atomic mass is 10.0. The number of amides is 2. The van der Waals surface area contributed by atoms with Crippen molar-refractivity contribution < 1.29 is 9.59 Å². The molecule has 1 fully saturated rings. The molecule has 0 radical (unpaired) electrons. The lowest BCUT2D eigenvalue weighted by molar-refractivity contribution is -0.132. The second-order valence-electron chi connectivity index (χ2n) is 6.09. The Balaban J connectivity index is 1.74. The predicted octanol–water partition coefficient (Wildman–Crippen LogP) is 3.18. The maximum absolute atomic E-state index is 12.1. The third-order valence-electron chi connectivity index (χ3n) is 4.27. The van der Waals surface area contributed by atoms with Gasteiger partial charge in [-0.25, -0.2) is 0 Å². The third kappa shape index (κ3) is 5.54. The molecule has 1 aliphatic heterocycles. The van der Waals surface area contributed by atoms with Crippen molar-refractivity contribution in [2.75, 3.05) is 13.1 Å². The van der Waals surface area contributed by atoms with Gasteiger partial charge in [-0.05, 0) is 30.9 Å². The van der Waals surface area contributed by atoms with Gasteiger partial charge in [0.05, 0.1) is 6.42 Å². The van der Waals surface area contributed by atoms with E-state index >= 15 is 0 Å². The molecule has 0 aromatic heterocycles. The number of hydrogen-bond acceptors (Lipinski definition) is 2. The maximum Gasteiger partial charge on any atom is 0.224 e. The number of halogens is 1. The molecule has 0 aliphatic carbocycles. The number of likely N-dealkylation sites (tertiary alicyclic amines) is 1. The Bertz CT molecular complexity index is 540. The molecule has 1 aromatic carbocycles. The topological polar surface area (TPSA) is 49.4 Å². The first-order valence-corrected chi connectivity index (χ1v) is 8.78. The van der Waals surface area contributed by atoms with Crippen LogP contribution in [0.25, 0.3) is 0 Å². The van der Waals surface area contributed by atoms with E-state index in [4.69, 9.17) is 11.6 Å². The van der Waals surface area contributed by atoms with Crippen LogP contribution in [0.1, 0.15) is 44.6 Å². The molecule has 4 nitrogen and oxygen atoms in total. The summed E-state index contributed by atoms with van der Waals surface area (Å²) in [6.45, 7) is 3.56. The molecule has 23 heavy (non-hydrogen) atoms. The number of nitrogens with one attached hydrogen (secondary N) is 1. The number of rotatable bonds is 6. The van der Waals surface area contributed by atoms with Gasteiger partial charge in [-0.2, -0.15) is 0 Å². The van der Waals surface area contributed by atoms with Gasteiger partial charge in [0.1, 0.15) is 0 Å². The van der Waals surface area contributed by atoms with Crippen LogP contribution < -0.4 is 5.32 Å². The average Bonchev–Trinajstić information content (AvgIpc) is 2.55. The van der Waals surface area contributed by atoms with Crippen LogP contribution in [0.2, 0.25) is 5.02 Å². The van der Waals surface area contributed by atoms with E-state index in [0.717, 1.165) is 44.3 Å². The van der Waals surface area contributed by atoms with Crippen molar-refractivity contribution in [2.45, 2.75) is 51.5 Å². The lowest BCUT2D eigenvalue weighted by Crippen LogP contribution is -2.46. The number of piperidine rings is 1. The number of benzene rings is 1. The highest BCUT2D eigenvalue weighted by Crippen LogP contribution is 2.16. The van der Waals surface area contributed by atoms with E-state index in [-0.39, 0.29) is 17.9 Å². The first-order valence-electron chi connectivity index (χ1n) is 8.40. The summed E-state index contributed by atoms with van der Waals surface area (Å²) in [6.07, 6.45) is 4.58. The Hall–Kier alpha value is -1.55. The Labute approximate surface area is 143 Å². The van der Waals surface area contributed by atoms with Gasteiger partial charge in [-0.3, -0.25) is 9.59 Å². The summed E-state index contributed by atoms with van der Waals surface area (Å²) >= 11 is 6.08. The Kier molecular flexibility index (Phi) is 6.90. The molecule has 1 saturated heterocycles. The summed E-state index contributed by atoms with van der Waals surface area (Å²) < 4.78 is 0. The van der Waals surface area contributed by atoms with Gasteiger partial charge >= 0.3 is 0 Å². The van der Waals surface area contributed by atoms with Crippen LogP contribution in [0.4, 0.5) is 0 Å². The van der Waals surface area contributed by atoms with Crippen LogP contribution in [0.5, 0.6) is 0 Å². The van der Waals surface area contributed by atoms with Crippen molar-refractivity contribution in [1.29, 1.82) is 0 Å². The minimum atomic E-state index is -0.00569. The van der Waals surface area contributed by atoms with Crippen molar-refractivity contribution in [3.05, 3.63) is 34.9 Å². The lowest BCUT2D eigenvalue weighted by Gasteiger charge is -2.32. The Morgan fingerprint density at radius 2 is 1.96 bits per heavy atom. The second-order valence-corrected chi connectivity index (χ2v) is 6.50. The minimum Gasteiger partial charge on any atom is -0.353 e. The highest BCUT2D eigenvalue weighted by Gasteiger charge is 2.23. The first-order chi connectivity index (χ1) is 11.1. The largest absolute Gasteiger partial charge is 0.353 e. The fraction of sp³-hybridized carbons (Fsp3) is 0.556. The molecule has 5 heteroatoms. The third-order valence-corrected chi connectivity index (χ3v) is 4.63. The molecular weight excluding hydrogens is 312 g/mol. The van der Waals surface area contributed by atoms with E-state index in [0.29, 0.717) is 17.9 Å². The molecule has 0 bridgehead atoms. The standard InChI is InChI=1S/C18H25ClN2O2/c1-2-3-8-18(23)21-11-9-15(10-12-21)20-17(22)13-14-6-4-5-7-16(14)19/h4-7,15H,2-3,8-13H2,1H3,(H,20,22). The van der Waals surface area contributed by atoms with Crippen LogP contribution >= 0.6 is 11.6 Å². The van der Waals surface area contributed by atoms with E-state index in [1.54, 1.807) is 6.07 Å². The highest BCUT2D eigenvalue weighted by atomic mass is 35.5. The van der Waals surface area contributed by atoms with E-state index in [1.165, 1.54) is 0 Å². The summed E-state index contributed by atoms with van der Waals surface area (Å²) in [4.78, 5) is 26.1. The van der Waals surface area contributed by atoms with Crippen molar-refractivity contribution in [3.63, 3.8) is 0 Å². The van der Waals surface area contributed by atoms with Gasteiger partial charge in [-0.15, -0.1) is 0 Å². The van der Waals surface area contributed by atoms with Gasteiger partial charge in [-0.1, -0.05) is 43.1 Å². The average molecular weight is 337 g/mol. The molecule has 0 saturated carbocycles. The van der Waals surface area contributed by atoms with E-state index in [9.17, 15) is 9.59 Å². The quantitative estimate of drug-likeness (QED) is 0.867. The highest BCUT2D eigenvalue weighted by molar-refractivity contribution is 6.31. The normalized spacial score (nSPS) is 15.5. The molecule has 0 spiro atoms. The fourth-order valence-corrected chi connectivity index (χ4v) is 3.06.